The Hall–Kier alpha value is -0.160. The number of unbranched alkanes of at least 4 members (excludes halogenated alkanes) is 6. The van der Waals surface area contributed by atoms with Gasteiger partial charge in [-0.2, -0.15) is 0 Å². The maximum Gasteiger partial charge on any atom is -0.00188 e. The predicted molar refractivity (Wildman–Crippen MR) is 128 cm³/mol. The Bertz CT molecular complexity index is 179. The van der Waals surface area contributed by atoms with Gasteiger partial charge in [-0.25, -0.2) is 0 Å². The molecule has 0 aliphatic heterocycles. The summed E-state index contributed by atoms with van der Waals surface area (Å²) in [7, 11) is 0. The van der Waals surface area contributed by atoms with Crippen molar-refractivity contribution >= 4 is 0 Å². The highest BCUT2D eigenvalue weighted by Gasteiger charge is 2.02. The lowest BCUT2D eigenvalue weighted by Gasteiger charge is -2.21. The van der Waals surface area contributed by atoms with Gasteiger partial charge in [-0.3, -0.25) is 10.5 Å². The minimum atomic E-state index is 1.32. The molecule has 0 aliphatic rings. The first-order chi connectivity index (χ1) is 13.7. The summed E-state index contributed by atoms with van der Waals surface area (Å²) in [4.78, 5) is 5.27. The van der Waals surface area contributed by atoms with Crippen molar-refractivity contribution in [2.45, 2.75) is 119 Å². The van der Waals surface area contributed by atoms with Crippen LogP contribution in [-0.4, -0.2) is 59.6 Å². The molecule has 0 radical (unpaired) electrons. The summed E-state index contributed by atoms with van der Waals surface area (Å²) in [5, 5.41) is 12.0. The van der Waals surface area contributed by atoms with Crippen LogP contribution < -0.4 is 0 Å². The second-order valence-corrected chi connectivity index (χ2v) is 7.80. The van der Waals surface area contributed by atoms with Gasteiger partial charge < -0.3 is 9.80 Å². The quantitative estimate of drug-likeness (QED) is 0.184. The number of rotatable bonds is 18. The molecular weight excluding hydrogens is 348 g/mol. The molecule has 0 aromatic carbocycles. The first-order valence-electron chi connectivity index (χ1n) is 12.3. The van der Waals surface area contributed by atoms with Gasteiger partial charge in [0.2, 0.25) is 0 Å². The van der Waals surface area contributed by atoms with E-state index >= 15 is 0 Å². The van der Waals surface area contributed by atoms with Crippen LogP contribution in [0.1, 0.15) is 119 Å². The Balaban J connectivity index is -0.000000410. The highest BCUT2D eigenvalue weighted by atomic mass is 17.0. The standard InChI is InChI=1S/2C12H27N.H2O2/c2*1-4-7-10-13(11-8-5-2)12-9-6-3;1-2/h2*4-12H2,1-3H3;1-2H. The molecule has 0 amide bonds. The third-order valence-corrected chi connectivity index (χ3v) is 4.97. The second kappa shape index (κ2) is 31.5. The third kappa shape index (κ3) is 28.1. The smallest absolute Gasteiger partial charge is 0.00188 e. The lowest BCUT2D eigenvalue weighted by Crippen LogP contribution is -2.27. The minimum absolute atomic E-state index is 1.32. The van der Waals surface area contributed by atoms with E-state index in [1.54, 1.807) is 0 Å². The Kier molecular flexibility index (Phi) is 36.6. The fourth-order valence-electron chi connectivity index (χ4n) is 2.96. The molecule has 0 saturated heterocycles. The van der Waals surface area contributed by atoms with Crippen LogP contribution >= 0.6 is 0 Å². The van der Waals surface area contributed by atoms with E-state index in [1.165, 1.54) is 116 Å². The second-order valence-electron chi connectivity index (χ2n) is 7.80. The van der Waals surface area contributed by atoms with Crippen molar-refractivity contribution in [2.24, 2.45) is 0 Å². The zero-order chi connectivity index (χ0) is 21.9. The van der Waals surface area contributed by atoms with E-state index in [-0.39, 0.29) is 0 Å². The molecule has 0 fully saturated rings. The number of nitrogens with zero attached hydrogens (tertiary/aromatic N) is 2. The van der Waals surface area contributed by atoms with Crippen molar-refractivity contribution in [3.63, 3.8) is 0 Å². The first-order valence-corrected chi connectivity index (χ1v) is 12.3. The number of hydrogen-bond donors (Lipinski definition) is 2. The van der Waals surface area contributed by atoms with E-state index in [0.29, 0.717) is 0 Å². The lowest BCUT2D eigenvalue weighted by atomic mass is 10.2. The summed E-state index contributed by atoms with van der Waals surface area (Å²) in [6.07, 6.45) is 16.2. The normalized spacial score (nSPS) is 10.5. The van der Waals surface area contributed by atoms with Crippen LogP contribution in [0.5, 0.6) is 0 Å². The van der Waals surface area contributed by atoms with Gasteiger partial charge >= 0.3 is 0 Å². The summed E-state index contributed by atoms with van der Waals surface area (Å²) in [5.74, 6) is 0. The Morgan fingerprint density at radius 3 is 0.607 bits per heavy atom. The molecule has 0 rings (SSSR count). The van der Waals surface area contributed by atoms with Crippen LogP contribution in [-0.2, 0) is 0 Å². The first kappa shape index (κ1) is 32.5. The molecule has 174 valence electrons. The highest BCUT2D eigenvalue weighted by molar-refractivity contribution is 4.58. The van der Waals surface area contributed by atoms with Gasteiger partial charge in [0.1, 0.15) is 0 Å². The minimum Gasteiger partial charge on any atom is -0.303 e. The maximum atomic E-state index is 6.00. The van der Waals surface area contributed by atoms with E-state index < -0.39 is 0 Å². The summed E-state index contributed by atoms with van der Waals surface area (Å²) in [5.41, 5.74) is 0. The molecule has 28 heavy (non-hydrogen) atoms. The molecule has 0 aliphatic carbocycles. The zero-order valence-corrected chi connectivity index (χ0v) is 20.5. The molecule has 0 aromatic rings. The van der Waals surface area contributed by atoms with Gasteiger partial charge in [0.15, 0.2) is 0 Å². The van der Waals surface area contributed by atoms with Crippen molar-refractivity contribution in [1.82, 2.24) is 9.80 Å². The summed E-state index contributed by atoms with van der Waals surface area (Å²) < 4.78 is 0. The van der Waals surface area contributed by atoms with Crippen LogP contribution in [0.2, 0.25) is 0 Å². The van der Waals surface area contributed by atoms with Crippen LogP contribution in [0.3, 0.4) is 0 Å². The van der Waals surface area contributed by atoms with E-state index in [0.717, 1.165) is 0 Å². The largest absolute Gasteiger partial charge is 0.303 e. The molecule has 0 spiro atoms. The molecule has 2 N–H and O–H groups in total. The van der Waals surface area contributed by atoms with Crippen molar-refractivity contribution in [3.05, 3.63) is 0 Å². The fraction of sp³-hybridized carbons (Fsp3) is 1.00. The van der Waals surface area contributed by atoms with Gasteiger partial charge in [-0.15, -0.1) is 0 Å². The van der Waals surface area contributed by atoms with Gasteiger partial charge in [-0.05, 0) is 77.8 Å². The fourth-order valence-corrected chi connectivity index (χ4v) is 2.96. The van der Waals surface area contributed by atoms with E-state index in [9.17, 15) is 0 Å². The van der Waals surface area contributed by atoms with Gasteiger partial charge in [0.25, 0.3) is 0 Å². The SMILES string of the molecule is CCCCN(CCCC)CCCC.CCCCN(CCCC)CCCC.OO. The predicted octanol–water partition coefficient (Wildman–Crippen LogP) is 7.39. The average molecular weight is 405 g/mol. The maximum absolute atomic E-state index is 6.00. The molecule has 0 aromatic heterocycles. The molecular formula is C24H56N2O2. The zero-order valence-electron chi connectivity index (χ0n) is 20.5. The Morgan fingerprint density at radius 1 is 0.357 bits per heavy atom. The molecule has 0 bridgehead atoms. The summed E-state index contributed by atoms with van der Waals surface area (Å²) >= 11 is 0. The highest BCUT2D eigenvalue weighted by Crippen LogP contribution is 2.02. The average Bonchev–Trinajstić information content (AvgIpc) is 2.74. The Labute approximate surface area is 178 Å². The molecule has 4 nitrogen and oxygen atoms in total. The monoisotopic (exact) mass is 404 g/mol. The third-order valence-electron chi connectivity index (χ3n) is 4.97. The van der Waals surface area contributed by atoms with E-state index in [4.69, 9.17) is 10.5 Å². The van der Waals surface area contributed by atoms with Gasteiger partial charge in [0, 0.05) is 0 Å². The van der Waals surface area contributed by atoms with E-state index in [1.807, 2.05) is 0 Å². The van der Waals surface area contributed by atoms with E-state index in [2.05, 4.69) is 51.3 Å². The van der Waals surface area contributed by atoms with Crippen molar-refractivity contribution < 1.29 is 10.5 Å². The van der Waals surface area contributed by atoms with Crippen molar-refractivity contribution in [3.8, 4) is 0 Å². The van der Waals surface area contributed by atoms with Gasteiger partial charge in [0.05, 0.1) is 0 Å². The van der Waals surface area contributed by atoms with Crippen LogP contribution in [0.15, 0.2) is 0 Å². The van der Waals surface area contributed by atoms with Crippen LogP contribution in [0.4, 0.5) is 0 Å². The molecule has 0 atom stereocenters. The molecule has 0 heterocycles. The summed E-state index contributed by atoms with van der Waals surface area (Å²) in [6.45, 7) is 21.5. The van der Waals surface area contributed by atoms with Crippen LogP contribution in [0.25, 0.3) is 0 Å². The van der Waals surface area contributed by atoms with Gasteiger partial charge in [-0.1, -0.05) is 80.1 Å². The van der Waals surface area contributed by atoms with Crippen molar-refractivity contribution in [2.75, 3.05) is 39.3 Å². The molecule has 0 unspecified atom stereocenters. The summed E-state index contributed by atoms with van der Waals surface area (Å²) in [6, 6.07) is 0. The lowest BCUT2D eigenvalue weighted by molar-refractivity contribution is -0.176. The van der Waals surface area contributed by atoms with Crippen molar-refractivity contribution in [1.29, 1.82) is 0 Å². The Morgan fingerprint density at radius 2 is 0.500 bits per heavy atom. The molecule has 4 heteroatoms. The van der Waals surface area contributed by atoms with Crippen LogP contribution in [0, 0.1) is 0 Å². The topological polar surface area (TPSA) is 46.9 Å². The number of hydrogen-bond acceptors (Lipinski definition) is 4. The molecule has 0 saturated carbocycles.